The number of carbonyl (C=O) groups excluding carboxylic acids is 1. The molecule has 0 saturated carbocycles. The maximum absolute atomic E-state index is 12.9. The quantitative estimate of drug-likeness (QED) is 0.188. The molecule has 0 atom stereocenters. The van der Waals surface area contributed by atoms with E-state index in [-0.39, 0.29) is 23.1 Å². The number of ketones is 1. The fourth-order valence-electron chi connectivity index (χ4n) is 2.23. The van der Waals surface area contributed by atoms with Crippen LogP contribution >= 0.6 is 23.4 Å². The van der Waals surface area contributed by atoms with E-state index in [1.807, 2.05) is 0 Å². The average Bonchev–Trinajstić information content (AvgIpc) is 3.17. The van der Waals surface area contributed by atoms with E-state index in [0.29, 0.717) is 16.0 Å². The number of benzene rings is 2. The third-order valence-corrected chi connectivity index (χ3v) is 4.73. The van der Waals surface area contributed by atoms with E-state index in [0.717, 1.165) is 23.9 Å². The Hall–Kier alpha value is -2.66. The van der Waals surface area contributed by atoms with Crippen LogP contribution in [-0.2, 0) is 5.38 Å². The SMILES string of the molecule is O=C(CSc1ccc(OC(F)(F)F)cc1)c1ccc(-c2noc(C(F)(F)Cl)n2)cc1. The number of aromatic nitrogens is 2. The first kappa shape index (κ1) is 22.0. The number of alkyl halides is 6. The maximum atomic E-state index is 12.9. The number of hydrogen-bond acceptors (Lipinski definition) is 6. The van der Waals surface area contributed by atoms with Crippen molar-refractivity contribution in [1.82, 2.24) is 10.1 Å². The normalized spacial score (nSPS) is 12.1. The van der Waals surface area contributed by atoms with Crippen molar-refractivity contribution in [3.8, 4) is 17.1 Å². The Morgan fingerprint density at radius 1 is 1.03 bits per heavy atom. The molecule has 12 heteroatoms. The van der Waals surface area contributed by atoms with Gasteiger partial charge in [-0.15, -0.1) is 24.9 Å². The molecule has 0 N–H and O–H groups in total. The second-order valence-corrected chi connectivity index (χ2v) is 7.25. The van der Waals surface area contributed by atoms with E-state index < -0.39 is 17.6 Å². The van der Waals surface area contributed by atoms with Crippen LogP contribution in [0.1, 0.15) is 16.2 Å². The molecule has 30 heavy (non-hydrogen) atoms. The predicted molar refractivity (Wildman–Crippen MR) is 97.7 cm³/mol. The van der Waals surface area contributed by atoms with E-state index in [1.165, 1.54) is 36.4 Å². The van der Waals surface area contributed by atoms with Gasteiger partial charge in [-0.3, -0.25) is 4.79 Å². The number of ether oxygens (including phenoxy) is 1. The molecule has 0 amide bonds. The highest BCUT2D eigenvalue weighted by molar-refractivity contribution is 8.00. The molecule has 2 aromatic carbocycles. The highest BCUT2D eigenvalue weighted by Gasteiger charge is 2.35. The molecule has 0 saturated heterocycles. The van der Waals surface area contributed by atoms with Crippen LogP contribution < -0.4 is 4.74 Å². The van der Waals surface area contributed by atoms with Gasteiger partial charge in [-0.1, -0.05) is 29.4 Å². The van der Waals surface area contributed by atoms with E-state index in [9.17, 15) is 26.7 Å². The molecule has 5 nitrogen and oxygen atoms in total. The fourth-order valence-corrected chi connectivity index (χ4v) is 3.10. The summed E-state index contributed by atoms with van der Waals surface area (Å²) in [7, 11) is 0. The molecule has 0 unspecified atom stereocenters. The number of halogens is 6. The van der Waals surface area contributed by atoms with Crippen molar-refractivity contribution in [2.24, 2.45) is 0 Å². The summed E-state index contributed by atoms with van der Waals surface area (Å²) in [5.74, 6) is -1.72. The van der Waals surface area contributed by atoms with Gasteiger partial charge in [-0.2, -0.15) is 13.8 Å². The Morgan fingerprint density at radius 3 is 2.20 bits per heavy atom. The molecule has 3 rings (SSSR count). The Kier molecular flexibility index (Phi) is 6.32. The number of nitrogens with zero attached hydrogens (tertiary/aromatic N) is 2. The average molecular weight is 465 g/mol. The van der Waals surface area contributed by atoms with Crippen LogP contribution in [0, 0.1) is 0 Å². The molecule has 1 aromatic heterocycles. The Balaban J connectivity index is 1.59. The van der Waals surface area contributed by atoms with Gasteiger partial charge >= 0.3 is 17.6 Å². The number of carbonyl (C=O) groups is 1. The van der Waals surface area contributed by atoms with Crippen LogP contribution in [-0.4, -0.2) is 28.0 Å². The number of rotatable bonds is 7. The molecule has 3 aromatic rings. The van der Waals surface area contributed by atoms with E-state index in [2.05, 4.69) is 19.4 Å². The summed E-state index contributed by atoms with van der Waals surface area (Å²) >= 11 is 5.95. The highest BCUT2D eigenvalue weighted by atomic mass is 35.5. The lowest BCUT2D eigenvalue weighted by atomic mass is 10.1. The highest BCUT2D eigenvalue weighted by Crippen LogP contribution is 2.32. The lowest BCUT2D eigenvalue weighted by Gasteiger charge is -2.09. The minimum atomic E-state index is -4.77. The van der Waals surface area contributed by atoms with Gasteiger partial charge in [0.2, 0.25) is 5.82 Å². The van der Waals surface area contributed by atoms with Crippen molar-refractivity contribution < 1.29 is 36.0 Å². The monoisotopic (exact) mass is 464 g/mol. The largest absolute Gasteiger partial charge is 0.573 e. The standard InChI is InChI=1S/C18H10ClF5N2O3S/c19-17(20,21)16-25-15(26-29-16)11-3-1-10(2-4-11)14(27)9-30-13-7-5-12(6-8-13)28-18(22,23)24/h1-8H,9H2. The predicted octanol–water partition coefficient (Wildman–Crippen LogP) is 5.90. The number of Topliss-reactive ketones (excluding diaryl/α,β-unsaturated/α-hetero) is 1. The van der Waals surface area contributed by atoms with E-state index in [1.54, 1.807) is 0 Å². The van der Waals surface area contributed by atoms with Gasteiger partial charge in [0.05, 0.1) is 5.75 Å². The molecule has 0 radical (unpaired) electrons. The maximum Gasteiger partial charge on any atom is 0.573 e. The van der Waals surface area contributed by atoms with Crippen LogP contribution in [0.4, 0.5) is 22.0 Å². The second kappa shape index (κ2) is 8.60. The molecular formula is C18H10ClF5N2O3S. The zero-order chi connectivity index (χ0) is 21.9. The first-order valence-corrected chi connectivity index (χ1v) is 9.41. The molecule has 0 aliphatic carbocycles. The third kappa shape index (κ3) is 5.92. The van der Waals surface area contributed by atoms with Crippen LogP contribution in [0.15, 0.2) is 57.9 Å². The zero-order valence-corrected chi connectivity index (χ0v) is 16.2. The molecule has 0 aliphatic heterocycles. The Labute approximate surface area is 175 Å². The van der Waals surface area contributed by atoms with Gasteiger partial charge in [0.15, 0.2) is 5.78 Å². The van der Waals surface area contributed by atoms with Crippen LogP contribution in [0.2, 0.25) is 0 Å². The van der Waals surface area contributed by atoms with Gasteiger partial charge in [0.25, 0.3) is 0 Å². The molecule has 0 bridgehead atoms. The summed E-state index contributed by atoms with van der Waals surface area (Å²) in [6, 6.07) is 11.0. The molecular weight excluding hydrogens is 455 g/mol. The summed E-state index contributed by atoms with van der Waals surface area (Å²) in [6.45, 7) is 0. The Morgan fingerprint density at radius 2 is 1.67 bits per heavy atom. The van der Waals surface area contributed by atoms with Gasteiger partial charge in [0, 0.05) is 16.0 Å². The van der Waals surface area contributed by atoms with Crippen LogP contribution in [0.3, 0.4) is 0 Å². The van der Waals surface area contributed by atoms with Crippen molar-refractivity contribution in [3.05, 3.63) is 60.0 Å². The summed E-state index contributed by atoms with van der Waals surface area (Å²) in [5.41, 5.74) is 0.685. The van der Waals surface area contributed by atoms with Crippen LogP contribution in [0.5, 0.6) is 5.75 Å². The minimum Gasteiger partial charge on any atom is -0.406 e. The Bertz CT molecular complexity index is 1020. The van der Waals surface area contributed by atoms with Crippen molar-refractivity contribution >= 4 is 29.1 Å². The molecule has 1 heterocycles. The smallest absolute Gasteiger partial charge is 0.406 e. The zero-order valence-electron chi connectivity index (χ0n) is 14.6. The minimum absolute atomic E-state index is 0.0314. The first-order chi connectivity index (χ1) is 14.0. The number of hydrogen-bond donors (Lipinski definition) is 0. The molecule has 0 aliphatic rings. The molecule has 0 spiro atoms. The summed E-state index contributed by atoms with van der Waals surface area (Å²) in [5, 5.41) is -0.370. The fraction of sp³-hybridized carbons (Fsp3) is 0.167. The van der Waals surface area contributed by atoms with Crippen molar-refractivity contribution in [2.75, 3.05) is 5.75 Å². The third-order valence-electron chi connectivity index (χ3n) is 3.56. The first-order valence-electron chi connectivity index (χ1n) is 8.04. The van der Waals surface area contributed by atoms with Gasteiger partial charge in [0.1, 0.15) is 5.75 Å². The number of thioether (sulfide) groups is 1. The topological polar surface area (TPSA) is 65.2 Å². The van der Waals surface area contributed by atoms with Crippen molar-refractivity contribution in [1.29, 1.82) is 0 Å². The summed E-state index contributed by atoms with van der Waals surface area (Å²) < 4.78 is 70.5. The van der Waals surface area contributed by atoms with Gasteiger partial charge in [-0.05, 0) is 35.9 Å². The lowest BCUT2D eigenvalue weighted by molar-refractivity contribution is -0.274. The molecule has 158 valence electrons. The van der Waals surface area contributed by atoms with E-state index in [4.69, 9.17) is 11.6 Å². The lowest BCUT2D eigenvalue weighted by Crippen LogP contribution is -2.16. The van der Waals surface area contributed by atoms with E-state index >= 15 is 0 Å². The van der Waals surface area contributed by atoms with Crippen molar-refractivity contribution in [2.45, 2.75) is 16.6 Å². The van der Waals surface area contributed by atoms with Gasteiger partial charge < -0.3 is 9.26 Å². The van der Waals surface area contributed by atoms with Crippen molar-refractivity contribution in [3.63, 3.8) is 0 Å². The van der Waals surface area contributed by atoms with Crippen LogP contribution in [0.25, 0.3) is 11.4 Å². The molecule has 0 fully saturated rings. The summed E-state index contributed by atoms with van der Waals surface area (Å²) in [4.78, 5) is 16.4. The van der Waals surface area contributed by atoms with Gasteiger partial charge in [-0.25, -0.2) is 0 Å². The summed E-state index contributed by atoms with van der Waals surface area (Å²) in [6.07, 6.45) is -4.77. The second-order valence-electron chi connectivity index (χ2n) is 5.73.